The second-order valence-corrected chi connectivity index (χ2v) is 7.16. The minimum Gasteiger partial charge on any atom is -0.508 e. The molecular weight excluding hydrogens is 394 g/mol. The smallest absolute Gasteiger partial charge is 0.230 e. The van der Waals surface area contributed by atoms with Crippen molar-refractivity contribution in [3.8, 4) is 11.5 Å². The average Bonchev–Trinajstić information content (AvgIpc) is 2.78. The fourth-order valence-electron chi connectivity index (χ4n) is 2.92. The van der Waals surface area contributed by atoms with E-state index in [1.807, 2.05) is 42.5 Å². The molecule has 3 aromatic rings. The summed E-state index contributed by atoms with van der Waals surface area (Å²) < 4.78 is 5.48. The third kappa shape index (κ3) is 8.08. The molecule has 0 radical (unpaired) electrons. The number of nitrogens with zero attached hydrogens (tertiary/aromatic N) is 1. The zero-order chi connectivity index (χ0) is 21.9. The number of aromatic nitrogens is 1. The van der Waals surface area contributed by atoms with Gasteiger partial charge in [0.15, 0.2) is 0 Å². The third-order valence-corrected chi connectivity index (χ3v) is 4.56. The molecule has 0 saturated heterocycles. The number of hydrogen-bond donors (Lipinski definition) is 4. The molecule has 162 valence electrons. The highest BCUT2D eigenvalue weighted by Gasteiger charge is 2.06. The van der Waals surface area contributed by atoms with Crippen molar-refractivity contribution in [2.45, 2.75) is 18.9 Å². The third-order valence-electron chi connectivity index (χ3n) is 4.56. The Labute approximate surface area is 181 Å². The molecule has 2 aromatic carbocycles. The van der Waals surface area contributed by atoms with Crippen molar-refractivity contribution >= 4 is 11.6 Å². The van der Waals surface area contributed by atoms with Gasteiger partial charge in [0.1, 0.15) is 24.2 Å². The van der Waals surface area contributed by atoms with Gasteiger partial charge in [-0.05, 0) is 67.1 Å². The van der Waals surface area contributed by atoms with Crippen LogP contribution in [0.25, 0.3) is 0 Å². The number of nitrogens with one attached hydrogen (secondary N) is 2. The average molecular weight is 421 g/mol. The SMILES string of the molecule is O=C(Cc1ccccn1)Nc1ccc(CCNCC(O)COc2ccc(O)cc2)cc1. The van der Waals surface area contributed by atoms with Gasteiger partial charge in [-0.15, -0.1) is 0 Å². The summed E-state index contributed by atoms with van der Waals surface area (Å²) in [6.45, 7) is 1.30. The Kier molecular flexibility index (Phi) is 8.39. The van der Waals surface area contributed by atoms with Crippen molar-refractivity contribution in [2.24, 2.45) is 0 Å². The minimum atomic E-state index is -0.634. The van der Waals surface area contributed by atoms with Crippen LogP contribution >= 0.6 is 0 Å². The second-order valence-electron chi connectivity index (χ2n) is 7.16. The van der Waals surface area contributed by atoms with Gasteiger partial charge in [0.25, 0.3) is 0 Å². The number of phenolic OH excluding ortho intramolecular Hbond substituents is 1. The monoisotopic (exact) mass is 421 g/mol. The zero-order valence-corrected chi connectivity index (χ0v) is 17.2. The number of carbonyl (C=O) groups excluding carboxylic acids is 1. The molecule has 1 atom stereocenters. The second kappa shape index (κ2) is 11.7. The van der Waals surface area contributed by atoms with Crippen LogP contribution in [-0.2, 0) is 17.6 Å². The summed E-state index contributed by atoms with van der Waals surface area (Å²) in [5, 5.41) is 25.3. The number of aromatic hydroxyl groups is 1. The predicted octanol–water partition coefficient (Wildman–Crippen LogP) is 2.54. The fraction of sp³-hybridized carbons (Fsp3) is 0.250. The highest BCUT2D eigenvalue weighted by Crippen LogP contribution is 2.16. The maximum absolute atomic E-state index is 12.1. The molecule has 0 bridgehead atoms. The van der Waals surface area contributed by atoms with Gasteiger partial charge < -0.3 is 25.6 Å². The topological polar surface area (TPSA) is 104 Å². The summed E-state index contributed by atoms with van der Waals surface area (Å²) in [5.74, 6) is 0.676. The summed E-state index contributed by atoms with van der Waals surface area (Å²) in [7, 11) is 0. The number of ether oxygens (including phenoxy) is 1. The molecule has 1 aromatic heterocycles. The van der Waals surface area contributed by atoms with E-state index in [2.05, 4.69) is 15.6 Å². The first-order valence-electron chi connectivity index (χ1n) is 10.2. The van der Waals surface area contributed by atoms with E-state index >= 15 is 0 Å². The van der Waals surface area contributed by atoms with Crippen molar-refractivity contribution in [1.29, 1.82) is 0 Å². The number of aliphatic hydroxyl groups excluding tert-OH is 1. The standard InChI is InChI=1S/C24H27N3O4/c28-21-8-10-23(11-9-21)31-17-22(29)16-25-14-12-18-4-6-19(7-5-18)27-24(30)15-20-3-1-2-13-26-20/h1-11,13,22,25,28-29H,12,14-17H2,(H,27,30). The summed E-state index contributed by atoms with van der Waals surface area (Å²) in [5.41, 5.74) is 2.61. The van der Waals surface area contributed by atoms with Crippen LogP contribution in [0.5, 0.6) is 11.5 Å². The number of phenols is 1. The molecule has 1 heterocycles. The first-order valence-corrected chi connectivity index (χ1v) is 10.2. The van der Waals surface area contributed by atoms with E-state index in [9.17, 15) is 15.0 Å². The molecule has 7 nitrogen and oxygen atoms in total. The maximum atomic E-state index is 12.1. The molecule has 0 saturated carbocycles. The van der Waals surface area contributed by atoms with E-state index in [4.69, 9.17) is 4.74 Å². The minimum absolute atomic E-state index is 0.100. The van der Waals surface area contributed by atoms with Crippen LogP contribution in [0.2, 0.25) is 0 Å². The molecule has 0 aliphatic heterocycles. The van der Waals surface area contributed by atoms with E-state index in [1.54, 1.807) is 18.3 Å². The molecule has 0 spiro atoms. The number of benzene rings is 2. The summed E-state index contributed by atoms with van der Waals surface area (Å²) >= 11 is 0. The van der Waals surface area contributed by atoms with Gasteiger partial charge >= 0.3 is 0 Å². The van der Waals surface area contributed by atoms with Crippen LogP contribution in [-0.4, -0.2) is 46.9 Å². The molecule has 1 unspecified atom stereocenters. The Morgan fingerprint density at radius 1 is 1.03 bits per heavy atom. The van der Waals surface area contributed by atoms with Crippen molar-refractivity contribution in [2.75, 3.05) is 25.0 Å². The Hall–Kier alpha value is -3.42. The lowest BCUT2D eigenvalue weighted by atomic mass is 10.1. The highest BCUT2D eigenvalue weighted by atomic mass is 16.5. The van der Waals surface area contributed by atoms with Gasteiger partial charge in [-0.25, -0.2) is 0 Å². The number of rotatable bonds is 11. The number of anilines is 1. The van der Waals surface area contributed by atoms with Gasteiger partial charge in [0, 0.05) is 24.1 Å². The van der Waals surface area contributed by atoms with E-state index < -0.39 is 6.10 Å². The number of amides is 1. The van der Waals surface area contributed by atoms with Crippen LogP contribution in [0.4, 0.5) is 5.69 Å². The Morgan fingerprint density at radius 3 is 2.52 bits per heavy atom. The van der Waals surface area contributed by atoms with Crippen LogP contribution in [0.1, 0.15) is 11.3 Å². The van der Waals surface area contributed by atoms with Gasteiger partial charge in [0.2, 0.25) is 5.91 Å². The quantitative estimate of drug-likeness (QED) is 0.355. The van der Waals surface area contributed by atoms with Crippen molar-refractivity contribution in [3.05, 3.63) is 84.2 Å². The fourth-order valence-corrected chi connectivity index (χ4v) is 2.92. The summed E-state index contributed by atoms with van der Waals surface area (Å²) in [6, 6.07) is 19.6. The highest BCUT2D eigenvalue weighted by molar-refractivity contribution is 5.91. The molecule has 1 amide bonds. The number of hydrogen-bond acceptors (Lipinski definition) is 6. The molecule has 7 heteroatoms. The van der Waals surface area contributed by atoms with E-state index in [0.29, 0.717) is 18.8 Å². The van der Waals surface area contributed by atoms with Crippen molar-refractivity contribution in [1.82, 2.24) is 10.3 Å². The first-order chi connectivity index (χ1) is 15.1. The number of carbonyl (C=O) groups is 1. The maximum Gasteiger partial charge on any atom is 0.230 e. The lowest BCUT2D eigenvalue weighted by Gasteiger charge is -2.13. The van der Waals surface area contributed by atoms with Crippen molar-refractivity contribution < 1.29 is 19.7 Å². The van der Waals surface area contributed by atoms with Gasteiger partial charge in [0.05, 0.1) is 6.42 Å². The normalized spacial score (nSPS) is 11.6. The molecule has 0 aliphatic rings. The zero-order valence-electron chi connectivity index (χ0n) is 17.2. The van der Waals surface area contributed by atoms with Gasteiger partial charge in [-0.1, -0.05) is 18.2 Å². The van der Waals surface area contributed by atoms with Crippen LogP contribution in [0, 0.1) is 0 Å². The lowest BCUT2D eigenvalue weighted by molar-refractivity contribution is -0.115. The molecule has 31 heavy (non-hydrogen) atoms. The Balaban J connectivity index is 1.31. The molecular formula is C24H27N3O4. The van der Waals surface area contributed by atoms with Gasteiger partial charge in [-0.2, -0.15) is 0 Å². The first kappa shape index (κ1) is 22.3. The van der Waals surface area contributed by atoms with Crippen LogP contribution in [0.15, 0.2) is 72.9 Å². The van der Waals surface area contributed by atoms with Crippen LogP contribution < -0.4 is 15.4 Å². The molecule has 0 fully saturated rings. The number of pyridine rings is 1. The van der Waals surface area contributed by atoms with E-state index in [1.165, 1.54) is 12.1 Å². The van der Waals surface area contributed by atoms with Crippen molar-refractivity contribution in [3.63, 3.8) is 0 Å². The molecule has 4 N–H and O–H groups in total. The Morgan fingerprint density at radius 2 is 1.81 bits per heavy atom. The predicted molar refractivity (Wildman–Crippen MR) is 119 cm³/mol. The molecule has 3 rings (SSSR count). The van der Waals surface area contributed by atoms with E-state index in [-0.39, 0.29) is 24.7 Å². The summed E-state index contributed by atoms with van der Waals surface area (Å²) in [6.07, 6.45) is 2.08. The summed E-state index contributed by atoms with van der Waals surface area (Å²) in [4.78, 5) is 16.3. The Bertz CT molecular complexity index is 931. The van der Waals surface area contributed by atoms with Crippen LogP contribution in [0.3, 0.4) is 0 Å². The van der Waals surface area contributed by atoms with Gasteiger partial charge in [-0.3, -0.25) is 9.78 Å². The molecule has 0 aliphatic carbocycles. The largest absolute Gasteiger partial charge is 0.508 e. The lowest BCUT2D eigenvalue weighted by Crippen LogP contribution is -2.32. The number of aliphatic hydroxyl groups is 1. The van der Waals surface area contributed by atoms with E-state index in [0.717, 1.165) is 23.4 Å².